The first-order chi connectivity index (χ1) is 15.2. The number of thiophene rings is 1. The average molecular weight is 459 g/mol. The Morgan fingerprint density at radius 1 is 1.12 bits per heavy atom. The highest BCUT2D eigenvalue weighted by Gasteiger charge is 2.30. The second-order valence-corrected chi connectivity index (χ2v) is 7.85. The summed E-state index contributed by atoms with van der Waals surface area (Å²) in [6.07, 6.45) is -4.50. The molecular formula is C22H16F3N3O3S. The van der Waals surface area contributed by atoms with Gasteiger partial charge in [-0.1, -0.05) is 12.1 Å². The Morgan fingerprint density at radius 3 is 2.59 bits per heavy atom. The number of alkyl halides is 3. The van der Waals surface area contributed by atoms with E-state index < -0.39 is 23.6 Å². The summed E-state index contributed by atoms with van der Waals surface area (Å²) >= 11 is 1.16. The first kappa shape index (κ1) is 21.6. The van der Waals surface area contributed by atoms with Gasteiger partial charge in [0.25, 0.3) is 5.91 Å². The number of rotatable bonds is 5. The number of aromatic carboxylic acids is 1. The molecule has 0 fully saturated rings. The zero-order valence-corrected chi connectivity index (χ0v) is 17.4. The van der Waals surface area contributed by atoms with Crippen molar-refractivity contribution in [2.45, 2.75) is 19.6 Å². The molecule has 0 saturated carbocycles. The minimum absolute atomic E-state index is 0.0279. The lowest BCUT2D eigenvalue weighted by atomic mass is 10.1. The summed E-state index contributed by atoms with van der Waals surface area (Å²) in [6.45, 7) is 2.34. The van der Waals surface area contributed by atoms with Crippen molar-refractivity contribution >= 4 is 39.8 Å². The van der Waals surface area contributed by atoms with Gasteiger partial charge in [-0.05, 0) is 59.8 Å². The summed E-state index contributed by atoms with van der Waals surface area (Å²) in [5.41, 5.74) is 1.33. The van der Waals surface area contributed by atoms with Crippen LogP contribution in [0.25, 0.3) is 22.0 Å². The highest BCUT2D eigenvalue weighted by Crippen LogP contribution is 2.32. The second-order valence-electron chi connectivity index (χ2n) is 6.93. The lowest BCUT2D eigenvalue weighted by molar-refractivity contribution is -0.137. The van der Waals surface area contributed by atoms with Crippen LogP contribution in [0, 0.1) is 0 Å². The molecule has 0 bridgehead atoms. The van der Waals surface area contributed by atoms with Crippen LogP contribution in [0.15, 0.2) is 53.9 Å². The minimum Gasteiger partial charge on any atom is -0.476 e. The molecule has 2 N–H and O–H groups in total. The molecule has 0 aliphatic carbocycles. The molecule has 2 aromatic heterocycles. The summed E-state index contributed by atoms with van der Waals surface area (Å²) in [6, 6.07) is 11.3. The number of halogens is 3. The van der Waals surface area contributed by atoms with Crippen LogP contribution in [0.3, 0.4) is 0 Å². The molecule has 164 valence electrons. The van der Waals surface area contributed by atoms with Crippen LogP contribution in [0.4, 0.5) is 18.9 Å². The number of carboxylic acid groups (broad SMARTS) is 1. The first-order valence-corrected chi connectivity index (χ1v) is 10.4. The van der Waals surface area contributed by atoms with Gasteiger partial charge in [0.15, 0.2) is 5.69 Å². The van der Waals surface area contributed by atoms with Crippen molar-refractivity contribution in [1.29, 1.82) is 0 Å². The Morgan fingerprint density at radius 2 is 1.91 bits per heavy atom. The molecule has 0 saturated heterocycles. The van der Waals surface area contributed by atoms with E-state index in [1.54, 1.807) is 34.3 Å². The summed E-state index contributed by atoms with van der Waals surface area (Å²) in [4.78, 5) is 24.3. The zero-order chi connectivity index (χ0) is 23.0. The fourth-order valence-corrected chi connectivity index (χ4v) is 4.14. The van der Waals surface area contributed by atoms with E-state index in [0.717, 1.165) is 34.6 Å². The van der Waals surface area contributed by atoms with Crippen LogP contribution in [0.5, 0.6) is 0 Å². The van der Waals surface area contributed by atoms with Crippen molar-refractivity contribution in [3.63, 3.8) is 0 Å². The third kappa shape index (κ3) is 4.09. The molecule has 0 aliphatic rings. The minimum atomic E-state index is -4.50. The largest absolute Gasteiger partial charge is 0.476 e. The van der Waals surface area contributed by atoms with Gasteiger partial charge in [0, 0.05) is 17.6 Å². The van der Waals surface area contributed by atoms with Gasteiger partial charge in [-0.15, -0.1) is 11.3 Å². The van der Waals surface area contributed by atoms with Crippen LogP contribution in [0.1, 0.15) is 32.6 Å². The van der Waals surface area contributed by atoms with Gasteiger partial charge >= 0.3 is 12.1 Å². The van der Waals surface area contributed by atoms with Gasteiger partial charge in [-0.3, -0.25) is 9.48 Å². The van der Waals surface area contributed by atoms with Crippen molar-refractivity contribution in [2.24, 2.45) is 0 Å². The Bertz CT molecular complexity index is 1340. The van der Waals surface area contributed by atoms with Gasteiger partial charge in [0.2, 0.25) is 0 Å². The fraction of sp³-hybridized carbons (Fsp3) is 0.136. The van der Waals surface area contributed by atoms with Crippen LogP contribution >= 0.6 is 11.3 Å². The monoisotopic (exact) mass is 459 g/mol. The van der Waals surface area contributed by atoms with E-state index in [-0.39, 0.29) is 11.4 Å². The molecule has 2 heterocycles. The number of aryl methyl sites for hydroxylation is 1. The number of carbonyl (C=O) groups is 2. The molecule has 10 heteroatoms. The number of aromatic nitrogens is 2. The van der Waals surface area contributed by atoms with Gasteiger partial charge in [-0.25, -0.2) is 4.79 Å². The van der Waals surface area contributed by atoms with Gasteiger partial charge in [0.1, 0.15) is 0 Å². The summed E-state index contributed by atoms with van der Waals surface area (Å²) in [5, 5.41) is 18.2. The molecule has 6 nitrogen and oxygen atoms in total. The molecule has 0 radical (unpaired) electrons. The number of nitrogens with zero attached hydrogens (tertiary/aromatic N) is 2. The summed E-state index contributed by atoms with van der Waals surface area (Å²) in [5.74, 6) is -1.63. The van der Waals surface area contributed by atoms with Crippen LogP contribution in [-0.4, -0.2) is 26.8 Å². The van der Waals surface area contributed by atoms with Crippen molar-refractivity contribution in [1.82, 2.24) is 9.78 Å². The number of anilines is 1. The normalized spacial score (nSPS) is 11.6. The van der Waals surface area contributed by atoms with E-state index in [1.807, 2.05) is 6.92 Å². The van der Waals surface area contributed by atoms with E-state index in [4.69, 9.17) is 0 Å². The molecule has 0 unspecified atom stereocenters. The van der Waals surface area contributed by atoms with Crippen LogP contribution in [0.2, 0.25) is 0 Å². The quantitative estimate of drug-likeness (QED) is 0.398. The summed E-state index contributed by atoms with van der Waals surface area (Å²) < 4.78 is 40.2. The Labute approximate surface area is 183 Å². The molecule has 4 rings (SSSR count). The van der Waals surface area contributed by atoms with Gasteiger partial charge < -0.3 is 10.4 Å². The average Bonchev–Trinajstić information content (AvgIpc) is 3.38. The molecule has 0 aliphatic heterocycles. The Balaban J connectivity index is 1.60. The molecular weight excluding hydrogens is 443 g/mol. The number of amides is 1. The SMILES string of the molecule is CCn1nc(C(=O)O)c2ccc(-c3csc(C(=O)Nc4cccc(C(F)(F)F)c4)c3)cc21. The molecule has 0 atom stereocenters. The summed E-state index contributed by atoms with van der Waals surface area (Å²) in [7, 11) is 0. The maximum absolute atomic E-state index is 12.9. The molecule has 32 heavy (non-hydrogen) atoms. The van der Waals surface area contributed by atoms with E-state index in [9.17, 15) is 27.9 Å². The topological polar surface area (TPSA) is 84.2 Å². The van der Waals surface area contributed by atoms with E-state index in [2.05, 4.69) is 10.4 Å². The molecule has 4 aromatic rings. The Kier molecular flexibility index (Phi) is 5.47. The lowest BCUT2D eigenvalue weighted by Gasteiger charge is -2.09. The molecule has 0 spiro atoms. The maximum Gasteiger partial charge on any atom is 0.416 e. The van der Waals surface area contributed by atoms with Crippen molar-refractivity contribution in [2.75, 3.05) is 5.32 Å². The lowest BCUT2D eigenvalue weighted by Crippen LogP contribution is -2.11. The maximum atomic E-state index is 12.9. The Hall–Kier alpha value is -3.66. The highest BCUT2D eigenvalue weighted by molar-refractivity contribution is 7.12. The number of hydrogen-bond acceptors (Lipinski definition) is 4. The van der Waals surface area contributed by atoms with E-state index in [0.29, 0.717) is 22.3 Å². The van der Waals surface area contributed by atoms with Crippen molar-refractivity contribution in [3.8, 4) is 11.1 Å². The highest BCUT2D eigenvalue weighted by atomic mass is 32.1. The van der Waals surface area contributed by atoms with Crippen molar-refractivity contribution in [3.05, 3.63) is 70.0 Å². The van der Waals surface area contributed by atoms with E-state index in [1.165, 1.54) is 12.1 Å². The third-order valence-corrected chi connectivity index (χ3v) is 5.79. The number of fused-ring (bicyclic) bond motifs is 1. The van der Waals surface area contributed by atoms with Crippen LogP contribution in [-0.2, 0) is 12.7 Å². The molecule has 2 aromatic carbocycles. The number of carboxylic acids is 1. The van der Waals surface area contributed by atoms with Crippen LogP contribution < -0.4 is 5.32 Å². The number of nitrogens with one attached hydrogen (secondary N) is 1. The fourth-order valence-electron chi connectivity index (χ4n) is 3.33. The van der Waals surface area contributed by atoms with Gasteiger partial charge in [0.05, 0.1) is 16.0 Å². The number of benzene rings is 2. The van der Waals surface area contributed by atoms with Gasteiger partial charge in [-0.2, -0.15) is 18.3 Å². The number of hydrogen-bond donors (Lipinski definition) is 2. The smallest absolute Gasteiger partial charge is 0.416 e. The predicted octanol–water partition coefficient (Wildman–Crippen LogP) is 5.75. The number of carbonyl (C=O) groups excluding carboxylic acids is 1. The predicted molar refractivity (Wildman–Crippen MR) is 115 cm³/mol. The third-order valence-electron chi connectivity index (χ3n) is 4.86. The van der Waals surface area contributed by atoms with Crippen molar-refractivity contribution < 1.29 is 27.9 Å². The molecule has 1 amide bonds. The second kappa shape index (κ2) is 8.12. The standard InChI is InChI=1S/C22H16F3N3O3S/c1-2-28-17-8-12(6-7-16(17)19(27-28)21(30)31)13-9-18(32-11-13)20(29)26-15-5-3-4-14(10-15)22(23,24)25/h3-11H,2H2,1H3,(H,26,29)(H,30,31). The van der Waals surface area contributed by atoms with E-state index >= 15 is 0 Å². The zero-order valence-electron chi connectivity index (χ0n) is 16.6. The first-order valence-electron chi connectivity index (χ1n) is 9.48.